The van der Waals surface area contributed by atoms with Crippen molar-refractivity contribution in [3.63, 3.8) is 0 Å². The molecule has 0 unspecified atom stereocenters. The number of rotatable bonds is 4. The summed E-state index contributed by atoms with van der Waals surface area (Å²) in [6, 6.07) is 1.62. The number of nitrogens with two attached hydrogens (primary N) is 1. The average Bonchev–Trinajstić information content (AvgIpc) is 2.79. The topological polar surface area (TPSA) is 90.0 Å². The molecule has 0 radical (unpaired) electrons. The molecule has 6 nitrogen and oxygen atoms in total. The van der Waals surface area contributed by atoms with Gasteiger partial charge in [-0.25, -0.2) is 26.9 Å². The van der Waals surface area contributed by atoms with E-state index in [1.807, 2.05) is 0 Å². The number of hydrogen-bond acceptors (Lipinski definition) is 4. The van der Waals surface area contributed by atoms with Crippen LogP contribution in [0.4, 0.5) is 14.5 Å². The molecule has 0 bridgehead atoms. The van der Waals surface area contributed by atoms with Crippen LogP contribution in [0.2, 0.25) is 0 Å². The second kappa shape index (κ2) is 5.17. The molecule has 0 aliphatic rings. The quantitative estimate of drug-likeness (QED) is 0.816. The summed E-state index contributed by atoms with van der Waals surface area (Å²) in [6.07, 6.45) is 3.14. The van der Waals surface area contributed by atoms with Crippen LogP contribution >= 0.6 is 0 Å². The van der Waals surface area contributed by atoms with Crippen LogP contribution in [-0.2, 0) is 23.6 Å². The Bertz CT molecular complexity index is 743. The van der Waals surface area contributed by atoms with Crippen molar-refractivity contribution in [2.75, 3.05) is 5.73 Å². The zero-order valence-corrected chi connectivity index (χ0v) is 11.3. The SMILES string of the molecule is Cn1ccnc1CNS(=O)(=O)c1ccc(F)c(N)c1F. The molecule has 0 amide bonds. The zero-order chi connectivity index (χ0) is 14.9. The van der Waals surface area contributed by atoms with Gasteiger partial charge in [0, 0.05) is 19.4 Å². The predicted octanol–water partition coefficient (Wildman–Crippen LogP) is 0.759. The molecule has 1 aromatic heterocycles. The number of aromatic nitrogens is 2. The van der Waals surface area contributed by atoms with Crippen molar-refractivity contribution in [2.45, 2.75) is 11.4 Å². The number of anilines is 1. The Hall–Kier alpha value is -2.00. The molecule has 1 heterocycles. The molecule has 0 fully saturated rings. The largest absolute Gasteiger partial charge is 0.394 e. The van der Waals surface area contributed by atoms with Gasteiger partial charge >= 0.3 is 0 Å². The Morgan fingerprint density at radius 3 is 2.70 bits per heavy atom. The smallest absolute Gasteiger partial charge is 0.243 e. The Balaban J connectivity index is 2.27. The number of benzene rings is 1. The highest BCUT2D eigenvalue weighted by atomic mass is 32.2. The van der Waals surface area contributed by atoms with Gasteiger partial charge in [0.15, 0.2) is 5.82 Å². The molecule has 0 aliphatic heterocycles. The normalized spacial score (nSPS) is 11.8. The number of nitrogens with one attached hydrogen (secondary N) is 1. The fourth-order valence-electron chi connectivity index (χ4n) is 1.56. The van der Waals surface area contributed by atoms with Gasteiger partial charge in [0.2, 0.25) is 10.0 Å². The summed E-state index contributed by atoms with van der Waals surface area (Å²) in [5, 5.41) is 0. The fraction of sp³-hybridized carbons (Fsp3) is 0.182. The van der Waals surface area contributed by atoms with E-state index in [2.05, 4.69) is 9.71 Å². The van der Waals surface area contributed by atoms with Crippen molar-refractivity contribution < 1.29 is 17.2 Å². The summed E-state index contributed by atoms with van der Waals surface area (Å²) in [5.41, 5.74) is 4.31. The lowest BCUT2D eigenvalue weighted by molar-refractivity contribution is 0.546. The van der Waals surface area contributed by atoms with Crippen LogP contribution in [0.25, 0.3) is 0 Å². The van der Waals surface area contributed by atoms with Gasteiger partial charge in [0.05, 0.1) is 6.54 Å². The summed E-state index contributed by atoms with van der Waals surface area (Å²) in [5.74, 6) is -1.87. The number of aryl methyl sites for hydroxylation is 1. The lowest BCUT2D eigenvalue weighted by Crippen LogP contribution is -2.26. The number of sulfonamides is 1. The van der Waals surface area contributed by atoms with Gasteiger partial charge in [-0.05, 0) is 12.1 Å². The van der Waals surface area contributed by atoms with Crippen molar-refractivity contribution in [1.29, 1.82) is 0 Å². The third kappa shape index (κ3) is 2.63. The van der Waals surface area contributed by atoms with Gasteiger partial charge in [-0.1, -0.05) is 0 Å². The van der Waals surface area contributed by atoms with E-state index in [9.17, 15) is 17.2 Å². The van der Waals surface area contributed by atoms with Crippen molar-refractivity contribution >= 4 is 15.7 Å². The Kier molecular flexibility index (Phi) is 3.73. The molecule has 9 heteroatoms. The summed E-state index contributed by atoms with van der Waals surface area (Å²) in [7, 11) is -2.46. The number of halogens is 2. The summed E-state index contributed by atoms with van der Waals surface area (Å²) in [4.78, 5) is 3.22. The minimum absolute atomic E-state index is 0.122. The Morgan fingerprint density at radius 1 is 1.40 bits per heavy atom. The van der Waals surface area contributed by atoms with Gasteiger partial charge in [0.25, 0.3) is 0 Å². The molecular weight excluding hydrogens is 290 g/mol. The van der Waals surface area contributed by atoms with Gasteiger partial charge in [-0.15, -0.1) is 0 Å². The molecule has 0 atom stereocenters. The van der Waals surface area contributed by atoms with E-state index in [-0.39, 0.29) is 6.54 Å². The number of nitrogen functional groups attached to an aromatic ring is 1. The van der Waals surface area contributed by atoms with Crippen molar-refractivity contribution in [3.05, 3.63) is 42.0 Å². The van der Waals surface area contributed by atoms with Crippen LogP contribution in [0.1, 0.15) is 5.82 Å². The fourth-order valence-corrected chi connectivity index (χ4v) is 2.63. The van der Waals surface area contributed by atoms with E-state index in [0.29, 0.717) is 5.82 Å². The lowest BCUT2D eigenvalue weighted by atomic mass is 10.3. The maximum atomic E-state index is 13.7. The molecule has 0 saturated heterocycles. The van der Waals surface area contributed by atoms with Crippen molar-refractivity contribution in [2.24, 2.45) is 7.05 Å². The van der Waals surface area contributed by atoms with Crippen molar-refractivity contribution in [1.82, 2.24) is 14.3 Å². The van der Waals surface area contributed by atoms with Gasteiger partial charge in [-0.2, -0.15) is 0 Å². The molecule has 3 N–H and O–H groups in total. The monoisotopic (exact) mass is 302 g/mol. The summed E-state index contributed by atoms with van der Waals surface area (Å²) in [6.45, 7) is -0.122. The van der Waals surface area contributed by atoms with Crippen molar-refractivity contribution in [3.8, 4) is 0 Å². The maximum absolute atomic E-state index is 13.7. The van der Waals surface area contributed by atoms with Gasteiger partial charge in [-0.3, -0.25) is 0 Å². The molecule has 20 heavy (non-hydrogen) atoms. The van der Waals surface area contributed by atoms with Gasteiger partial charge in [0.1, 0.15) is 22.2 Å². The summed E-state index contributed by atoms with van der Waals surface area (Å²) >= 11 is 0. The van der Waals surface area contributed by atoms with Crippen LogP contribution < -0.4 is 10.5 Å². The van der Waals surface area contributed by atoms with Crippen LogP contribution in [0, 0.1) is 11.6 Å². The highest BCUT2D eigenvalue weighted by molar-refractivity contribution is 7.89. The third-order valence-electron chi connectivity index (χ3n) is 2.72. The average molecular weight is 302 g/mol. The molecule has 2 rings (SSSR count). The molecule has 0 aliphatic carbocycles. The first-order valence-electron chi connectivity index (χ1n) is 5.52. The van der Waals surface area contributed by atoms with Crippen LogP contribution in [0.3, 0.4) is 0 Å². The lowest BCUT2D eigenvalue weighted by Gasteiger charge is -2.09. The highest BCUT2D eigenvalue weighted by Crippen LogP contribution is 2.22. The molecule has 108 valence electrons. The van der Waals surface area contributed by atoms with Crippen LogP contribution in [-0.4, -0.2) is 18.0 Å². The Labute approximate surface area is 114 Å². The van der Waals surface area contributed by atoms with E-state index in [1.54, 1.807) is 17.8 Å². The summed E-state index contributed by atoms with van der Waals surface area (Å²) < 4.78 is 54.4. The second-order valence-electron chi connectivity index (χ2n) is 4.05. The minimum Gasteiger partial charge on any atom is -0.394 e. The van der Waals surface area contributed by atoms with E-state index >= 15 is 0 Å². The first kappa shape index (κ1) is 14.4. The first-order valence-corrected chi connectivity index (χ1v) is 7.00. The molecule has 2 aromatic rings. The standard InChI is InChI=1S/C11H12F2N4O2S/c1-17-5-4-15-9(17)6-16-20(18,19)8-3-2-7(12)11(14)10(8)13/h2-5,16H,6,14H2,1H3. The van der Waals surface area contributed by atoms with E-state index in [4.69, 9.17) is 5.73 Å². The number of nitrogens with zero attached hydrogens (tertiary/aromatic N) is 2. The molecule has 0 saturated carbocycles. The highest BCUT2D eigenvalue weighted by Gasteiger charge is 2.22. The maximum Gasteiger partial charge on any atom is 0.243 e. The second-order valence-corrected chi connectivity index (χ2v) is 5.79. The van der Waals surface area contributed by atoms with E-state index in [0.717, 1.165) is 12.1 Å². The minimum atomic E-state index is -4.15. The molecule has 0 spiro atoms. The molecular formula is C11H12F2N4O2S. The first-order chi connectivity index (χ1) is 9.33. The number of imidazole rings is 1. The third-order valence-corrected chi connectivity index (χ3v) is 4.14. The van der Waals surface area contributed by atoms with E-state index in [1.165, 1.54) is 6.20 Å². The van der Waals surface area contributed by atoms with Gasteiger partial charge < -0.3 is 10.3 Å². The Morgan fingerprint density at radius 2 is 2.10 bits per heavy atom. The zero-order valence-electron chi connectivity index (χ0n) is 10.5. The predicted molar refractivity (Wildman–Crippen MR) is 68.0 cm³/mol. The number of hydrogen-bond donors (Lipinski definition) is 2. The van der Waals surface area contributed by atoms with E-state index < -0.39 is 32.2 Å². The van der Waals surface area contributed by atoms with Crippen LogP contribution in [0.5, 0.6) is 0 Å². The molecule has 1 aromatic carbocycles. The van der Waals surface area contributed by atoms with Crippen LogP contribution in [0.15, 0.2) is 29.4 Å².